The van der Waals surface area contributed by atoms with Crippen LogP contribution in [0.25, 0.3) is 0 Å². The molecule has 2 aromatic carbocycles. The number of carbonyl (C=O) groups is 1. The van der Waals surface area contributed by atoms with Crippen LogP contribution in [0.15, 0.2) is 47.5 Å². The van der Waals surface area contributed by atoms with Crippen molar-refractivity contribution in [3.63, 3.8) is 0 Å². The Morgan fingerprint density at radius 3 is 2.81 bits per heavy atom. The Kier molecular flexibility index (Phi) is 5.96. The van der Waals surface area contributed by atoms with Crippen molar-refractivity contribution in [2.45, 2.75) is 6.92 Å². The molecule has 5 nitrogen and oxygen atoms in total. The Morgan fingerprint density at radius 2 is 2.08 bits per heavy atom. The van der Waals surface area contributed by atoms with Gasteiger partial charge in [-0.05, 0) is 42.8 Å². The average molecular weight is 356 g/mol. The van der Waals surface area contributed by atoms with Crippen molar-refractivity contribution < 1.29 is 18.7 Å². The maximum absolute atomic E-state index is 14.4. The fourth-order valence-electron chi connectivity index (χ4n) is 2.74. The zero-order valence-electron chi connectivity index (χ0n) is 14.7. The summed E-state index contributed by atoms with van der Waals surface area (Å²) in [5, 5.41) is 0. The standard InChI is InChI=1S/C20H21FN2O3/c1-2-26-20(24)16-4-3-5-17(13-16)22-14-15-6-7-19(18(21)12-15)23-8-10-25-11-9-23/h3-7,12-14H,2,8-11H2,1H3. The van der Waals surface area contributed by atoms with Gasteiger partial charge in [-0.1, -0.05) is 12.1 Å². The Labute approximate surface area is 152 Å². The number of hydrogen-bond acceptors (Lipinski definition) is 5. The van der Waals surface area contributed by atoms with Gasteiger partial charge in [-0.25, -0.2) is 9.18 Å². The van der Waals surface area contributed by atoms with Gasteiger partial charge in [0.1, 0.15) is 5.82 Å². The monoisotopic (exact) mass is 356 g/mol. The van der Waals surface area contributed by atoms with Crippen molar-refractivity contribution in [2.75, 3.05) is 37.8 Å². The lowest BCUT2D eigenvalue weighted by Gasteiger charge is -2.29. The fraction of sp³-hybridized carbons (Fsp3) is 0.300. The number of nitrogens with zero attached hydrogens (tertiary/aromatic N) is 2. The fourth-order valence-corrected chi connectivity index (χ4v) is 2.74. The highest BCUT2D eigenvalue weighted by molar-refractivity contribution is 5.91. The molecule has 1 fully saturated rings. The number of benzene rings is 2. The van der Waals surface area contributed by atoms with Gasteiger partial charge in [0, 0.05) is 19.3 Å². The highest BCUT2D eigenvalue weighted by Crippen LogP contribution is 2.22. The first-order valence-corrected chi connectivity index (χ1v) is 8.61. The van der Waals surface area contributed by atoms with Gasteiger partial charge in [0.2, 0.25) is 0 Å². The van der Waals surface area contributed by atoms with Crippen molar-refractivity contribution in [1.29, 1.82) is 0 Å². The molecule has 0 unspecified atom stereocenters. The van der Waals surface area contributed by atoms with E-state index in [1.807, 2.05) is 11.0 Å². The molecule has 1 heterocycles. The van der Waals surface area contributed by atoms with Crippen molar-refractivity contribution in [3.8, 4) is 0 Å². The largest absolute Gasteiger partial charge is 0.462 e. The maximum Gasteiger partial charge on any atom is 0.338 e. The lowest BCUT2D eigenvalue weighted by molar-refractivity contribution is 0.0526. The van der Waals surface area contributed by atoms with Gasteiger partial charge in [-0.2, -0.15) is 0 Å². The van der Waals surface area contributed by atoms with Crippen molar-refractivity contribution in [2.24, 2.45) is 4.99 Å². The molecule has 0 aromatic heterocycles. The first-order chi connectivity index (χ1) is 12.7. The van der Waals surface area contributed by atoms with E-state index in [1.165, 1.54) is 6.07 Å². The summed E-state index contributed by atoms with van der Waals surface area (Å²) in [5.74, 6) is -0.665. The number of hydrogen-bond donors (Lipinski definition) is 0. The minimum absolute atomic E-state index is 0.281. The first-order valence-electron chi connectivity index (χ1n) is 8.61. The molecule has 1 aliphatic rings. The summed E-state index contributed by atoms with van der Waals surface area (Å²) in [6.07, 6.45) is 1.58. The molecule has 0 aliphatic carbocycles. The summed E-state index contributed by atoms with van der Waals surface area (Å²) in [7, 11) is 0. The predicted molar refractivity (Wildman–Crippen MR) is 99.1 cm³/mol. The van der Waals surface area contributed by atoms with Gasteiger partial charge in [-0.3, -0.25) is 4.99 Å². The molecule has 0 spiro atoms. The van der Waals surface area contributed by atoms with E-state index >= 15 is 0 Å². The van der Waals surface area contributed by atoms with E-state index in [0.717, 1.165) is 0 Å². The highest BCUT2D eigenvalue weighted by Gasteiger charge is 2.15. The van der Waals surface area contributed by atoms with Crippen LogP contribution in [-0.2, 0) is 9.47 Å². The molecule has 0 atom stereocenters. The number of halogens is 1. The molecule has 0 amide bonds. The summed E-state index contributed by atoms with van der Waals surface area (Å²) in [4.78, 5) is 18.1. The molecule has 1 aliphatic heterocycles. The van der Waals surface area contributed by atoms with Gasteiger partial charge < -0.3 is 14.4 Å². The Bertz CT molecular complexity index is 801. The summed E-state index contributed by atoms with van der Waals surface area (Å²) >= 11 is 0. The van der Waals surface area contributed by atoms with E-state index in [4.69, 9.17) is 9.47 Å². The first kappa shape index (κ1) is 18.1. The topological polar surface area (TPSA) is 51.1 Å². The molecule has 3 rings (SSSR count). The van der Waals surface area contributed by atoms with Crippen LogP contribution >= 0.6 is 0 Å². The molecule has 26 heavy (non-hydrogen) atoms. The predicted octanol–water partition coefficient (Wildman–Crippen LogP) is 3.59. The molecule has 136 valence electrons. The highest BCUT2D eigenvalue weighted by atomic mass is 19.1. The molecular formula is C20H21FN2O3. The van der Waals surface area contributed by atoms with Crippen LogP contribution in [0.1, 0.15) is 22.8 Å². The van der Waals surface area contributed by atoms with Crippen LogP contribution < -0.4 is 4.90 Å². The second kappa shape index (κ2) is 8.58. The van der Waals surface area contributed by atoms with Gasteiger partial charge in [0.15, 0.2) is 0 Å². The van der Waals surface area contributed by atoms with Crippen LogP contribution in [0.2, 0.25) is 0 Å². The van der Waals surface area contributed by atoms with E-state index < -0.39 is 0 Å². The van der Waals surface area contributed by atoms with Crippen molar-refractivity contribution in [3.05, 3.63) is 59.4 Å². The minimum Gasteiger partial charge on any atom is -0.462 e. The molecule has 0 saturated carbocycles. The lowest BCUT2D eigenvalue weighted by atomic mass is 10.2. The number of anilines is 1. The molecule has 1 saturated heterocycles. The second-order valence-electron chi connectivity index (χ2n) is 5.84. The van der Waals surface area contributed by atoms with Crippen LogP contribution in [0, 0.1) is 5.82 Å². The lowest BCUT2D eigenvalue weighted by Crippen LogP contribution is -2.36. The number of rotatable bonds is 5. The number of ether oxygens (including phenoxy) is 2. The molecule has 2 aromatic rings. The van der Waals surface area contributed by atoms with E-state index in [0.29, 0.717) is 55.4 Å². The summed E-state index contributed by atoms with van der Waals surface area (Å²) < 4.78 is 24.7. The van der Waals surface area contributed by atoms with E-state index in [1.54, 1.807) is 43.5 Å². The van der Waals surface area contributed by atoms with Crippen LogP contribution in [-0.4, -0.2) is 45.1 Å². The van der Waals surface area contributed by atoms with Crippen molar-refractivity contribution in [1.82, 2.24) is 0 Å². The van der Waals surface area contributed by atoms with Crippen molar-refractivity contribution >= 4 is 23.6 Å². The molecule has 0 N–H and O–H groups in total. The molecule has 0 bridgehead atoms. The van der Waals surface area contributed by atoms with E-state index in [2.05, 4.69) is 4.99 Å². The smallest absolute Gasteiger partial charge is 0.338 e. The second-order valence-corrected chi connectivity index (χ2v) is 5.84. The van der Waals surface area contributed by atoms with Crippen LogP contribution in [0.4, 0.5) is 15.8 Å². The minimum atomic E-state index is -0.384. The third kappa shape index (κ3) is 4.46. The number of aliphatic imine (C=N–C) groups is 1. The Hall–Kier alpha value is -2.73. The zero-order valence-corrected chi connectivity index (χ0v) is 14.7. The number of morpholine rings is 1. The number of carbonyl (C=O) groups excluding carboxylic acids is 1. The molecular weight excluding hydrogens is 335 g/mol. The Balaban J connectivity index is 1.73. The van der Waals surface area contributed by atoms with Gasteiger partial charge in [0.05, 0.1) is 36.8 Å². The molecule has 6 heteroatoms. The Morgan fingerprint density at radius 1 is 1.27 bits per heavy atom. The summed E-state index contributed by atoms with van der Waals surface area (Å²) in [6, 6.07) is 11.9. The van der Waals surface area contributed by atoms with E-state index in [9.17, 15) is 9.18 Å². The summed E-state index contributed by atoms with van der Waals surface area (Å²) in [5.41, 5.74) is 2.28. The number of esters is 1. The van der Waals surface area contributed by atoms with Gasteiger partial charge in [-0.15, -0.1) is 0 Å². The van der Waals surface area contributed by atoms with E-state index in [-0.39, 0.29) is 11.8 Å². The quantitative estimate of drug-likeness (QED) is 0.607. The van der Waals surface area contributed by atoms with Gasteiger partial charge >= 0.3 is 5.97 Å². The average Bonchev–Trinajstić information content (AvgIpc) is 2.67. The van der Waals surface area contributed by atoms with Crippen LogP contribution in [0.3, 0.4) is 0 Å². The summed E-state index contributed by atoms with van der Waals surface area (Å²) in [6.45, 7) is 4.67. The molecule has 0 radical (unpaired) electrons. The normalized spacial score (nSPS) is 14.6. The van der Waals surface area contributed by atoms with Gasteiger partial charge in [0.25, 0.3) is 0 Å². The van der Waals surface area contributed by atoms with Crippen LogP contribution in [0.5, 0.6) is 0 Å². The zero-order chi connectivity index (χ0) is 18.4. The SMILES string of the molecule is CCOC(=O)c1cccc(N=Cc2ccc(N3CCOCC3)c(F)c2)c1. The maximum atomic E-state index is 14.4. The third-order valence-electron chi connectivity index (χ3n) is 4.04. The third-order valence-corrected chi connectivity index (χ3v) is 4.04.